The van der Waals surface area contributed by atoms with Crippen LogP contribution in [-0.4, -0.2) is 13.2 Å². The molecular formula is C44H47NO. The molecule has 0 saturated carbocycles. The average Bonchev–Trinajstić information content (AvgIpc) is 3.09. The van der Waals surface area contributed by atoms with Crippen molar-refractivity contribution in [3.8, 4) is 16.9 Å². The second kappa shape index (κ2) is 14.3. The van der Waals surface area contributed by atoms with E-state index in [1.54, 1.807) is 7.11 Å². The molecule has 0 aliphatic heterocycles. The normalized spacial score (nSPS) is 12.0. The molecule has 46 heavy (non-hydrogen) atoms. The number of nitrogens with zero attached hydrogens (tertiary/aromatic N) is 1. The Bertz CT molecular complexity index is 1900. The van der Waals surface area contributed by atoms with Crippen LogP contribution in [0.15, 0.2) is 115 Å². The van der Waals surface area contributed by atoms with Gasteiger partial charge in [0.15, 0.2) is 0 Å². The van der Waals surface area contributed by atoms with Gasteiger partial charge in [0.25, 0.3) is 0 Å². The molecule has 1 unspecified atom stereocenters. The minimum absolute atomic E-state index is 0.380. The lowest BCUT2D eigenvalue weighted by Gasteiger charge is -2.35. The lowest BCUT2D eigenvalue weighted by Crippen LogP contribution is -2.31. The minimum atomic E-state index is 0.380. The van der Waals surface area contributed by atoms with E-state index in [2.05, 4.69) is 136 Å². The lowest BCUT2D eigenvalue weighted by atomic mass is 9.91. The molecule has 0 aromatic heterocycles. The fourth-order valence-electron chi connectivity index (χ4n) is 7.14. The van der Waals surface area contributed by atoms with Crippen LogP contribution in [0.4, 0.5) is 11.4 Å². The minimum Gasteiger partial charge on any atom is -0.497 e. The number of fused-ring (bicyclic) bond motifs is 3. The topological polar surface area (TPSA) is 12.5 Å². The van der Waals surface area contributed by atoms with Gasteiger partial charge in [-0.25, -0.2) is 0 Å². The highest BCUT2D eigenvalue weighted by Crippen LogP contribution is 2.41. The first kappa shape index (κ1) is 31.4. The van der Waals surface area contributed by atoms with E-state index < -0.39 is 0 Å². The number of rotatable bonds is 12. The Hall–Kier alpha value is -4.56. The van der Waals surface area contributed by atoms with Crippen LogP contribution in [0, 0.1) is 13.8 Å². The van der Waals surface area contributed by atoms with Crippen LogP contribution >= 0.6 is 0 Å². The molecule has 6 aromatic carbocycles. The third-order valence-corrected chi connectivity index (χ3v) is 9.61. The first-order valence-corrected chi connectivity index (χ1v) is 17.0. The number of aryl methyl sites for hydroxylation is 4. The molecule has 0 N–H and O–H groups in total. The Kier molecular flexibility index (Phi) is 9.73. The third kappa shape index (κ3) is 6.53. The summed E-state index contributed by atoms with van der Waals surface area (Å²) in [5.41, 5.74) is 10.5. The van der Waals surface area contributed by atoms with Gasteiger partial charge in [0, 0.05) is 22.8 Å². The van der Waals surface area contributed by atoms with E-state index in [9.17, 15) is 0 Å². The van der Waals surface area contributed by atoms with Crippen LogP contribution in [0.25, 0.3) is 32.7 Å². The molecule has 0 aliphatic carbocycles. The number of benzene rings is 6. The summed E-state index contributed by atoms with van der Waals surface area (Å²) in [6.45, 7) is 9.03. The highest BCUT2D eigenvalue weighted by atomic mass is 16.5. The largest absolute Gasteiger partial charge is 0.497 e. The highest BCUT2D eigenvalue weighted by Gasteiger charge is 2.23. The van der Waals surface area contributed by atoms with E-state index in [-0.39, 0.29) is 0 Å². The Labute approximate surface area is 275 Å². The quantitative estimate of drug-likeness (QED) is 0.129. The molecule has 0 spiro atoms. The molecule has 0 aliphatic rings. The molecule has 0 fully saturated rings. The van der Waals surface area contributed by atoms with Crippen molar-refractivity contribution < 1.29 is 4.74 Å². The first-order valence-electron chi connectivity index (χ1n) is 17.0. The molecule has 0 amide bonds. The predicted molar refractivity (Wildman–Crippen MR) is 199 cm³/mol. The van der Waals surface area contributed by atoms with Crippen molar-refractivity contribution in [3.63, 3.8) is 0 Å². The molecule has 0 heterocycles. The highest BCUT2D eigenvalue weighted by molar-refractivity contribution is 6.14. The summed E-state index contributed by atoms with van der Waals surface area (Å²) in [6, 6.07) is 43.2. The maximum atomic E-state index is 5.40. The van der Waals surface area contributed by atoms with E-state index in [4.69, 9.17) is 4.74 Å². The van der Waals surface area contributed by atoms with Gasteiger partial charge in [0.1, 0.15) is 5.75 Å². The van der Waals surface area contributed by atoms with Crippen molar-refractivity contribution in [1.82, 2.24) is 0 Å². The van der Waals surface area contributed by atoms with Crippen molar-refractivity contribution >= 4 is 32.9 Å². The van der Waals surface area contributed by atoms with Gasteiger partial charge in [0.05, 0.1) is 7.11 Å². The molecule has 234 valence electrons. The SMILES string of the molecule is CCCC(CCCc1ccc(C)cc1)N(c1ccc(-c2ccc(OC)cc2)cc1)c1ccc(CC)c2c1ccc1cccc(C)c12. The smallest absolute Gasteiger partial charge is 0.118 e. The molecule has 0 saturated heterocycles. The van der Waals surface area contributed by atoms with Gasteiger partial charge >= 0.3 is 0 Å². The Morgan fingerprint density at radius 1 is 0.674 bits per heavy atom. The van der Waals surface area contributed by atoms with Crippen LogP contribution < -0.4 is 9.64 Å². The summed E-state index contributed by atoms with van der Waals surface area (Å²) in [4.78, 5) is 2.67. The van der Waals surface area contributed by atoms with Crippen molar-refractivity contribution in [3.05, 3.63) is 138 Å². The number of anilines is 2. The maximum Gasteiger partial charge on any atom is 0.118 e. The fraction of sp³-hybridized carbons (Fsp3) is 0.273. The molecule has 2 heteroatoms. The summed E-state index contributed by atoms with van der Waals surface area (Å²) >= 11 is 0. The summed E-state index contributed by atoms with van der Waals surface area (Å²) in [7, 11) is 1.72. The van der Waals surface area contributed by atoms with Crippen LogP contribution in [0.5, 0.6) is 5.75 Å². The summed E-state index contributed by atoms with van der Waals surface area (Å²) in [5, 5.41) is 5.46. The Morgan fingerprint density at radius 3 is 2.07 bits per heavy atom. The molecule has 6 rings (SSSR count). The molecule has 0 bridgehead atoms. The van der Waals surface area contributed by atoms with Crippen molar-refractivity contribution in [2.24, 2.45) is 0 Å². The van der Waals surface area contributed by atoms with Gasteiger partial charge in [-0.15, -0.1) is 0 Å². The van der Waals surface area contributed by atoms with E-state index >= 15 is 0 Å². The molecular weight excluding hydrogens is 558 g/mol. The van der Waals surface area contributed by atoms with Crippen LogP contribution in [0.2, 0.25) is 0 Å². The van der Waals surface area contributed by atoms with Crippen LogP contribution in [0.1, 0.15) is 61.8 Å². The van der Waals surface area contributed by atoms with Gasteiger partial charge in [-0.3, -0.25) is 0 Å². The van der Waals surface area contributed by atoms with E-state index in [1.807, 2.05) is 12.1 Å². The van der Waals surface area contributed by atoms with Gasteiger partial charge in [-0.05, 0) is 120 Å². The lowest BCUT2D eigenvalue weighted by molar-refractivity contribution is 0.415. The number of hydrogen-bond acceptors (Lipinski definition) is 2. The predicted octanol–water partition coefficient (Wildman–Crippen LogP) is 12.2. The molecule has 2 nitrogen and oxygen atoms in total. The number of ether oxygens (including phenoxy) is 1. The van der Waals surface area contributed by atoms with E-state index in [1.165, 1.54) is 66.3 Å². The van der Waals surface area contributed by atoms with Crippen molar-refractivity contribution in [1.29, 1.82) is 0 Å². The zero-order valence-corrected chi connectivity index (χ0v) is 28.1. The van der Waals surface area contributed by atoms with Crippen molar-refractivity contribution in [2.45, 2.75) is 72.3 Å². The summed E-state index contributed by atoms with van der Waals surface area (Å²) < 4.78 is 5.40. The monoisotopic (exact) mass is 605 g/mol. The Balaban J connectivity index is 1.46. The number of methoxy groups -OCH3 is 1. The second-order valence-corrected chi connectivity index (χ2v) is 12.7. The zero-order valence-electron chi connectivity index (χ0n) is 28.1. The molecule has 0 radical (unpaired) electrons. The van der Waals surface area contributed by atoms with E-state index in [0.29, 0.717) is 6.04 Å². The fourth-order valence-corrected chi connectivity index (χ4v) is 7.14. The van der Waals surface area contributed by atoms with Gasteiger partial charge in [-0.1, -0.05) is 111 Å². The number of hydrogen-bond donors (Lipinski definition) is 0. The van der Waals surface area contributed by atoms with Gasteiger partial charge in [0.2, 0.25) is 0 Å². The van der Waals surface area contributed by atoms with E-state index in [0.717, 1.165) is 44.3 Å². The van der Waals surface area contributed by atoms with Crippen molar-refractivity contribution in [2.75, 3.05) is 12.0 Å². The van der Waals surface area contributed by atoms with Gasteiger partial charge in [-0.2, -0.15) is 0 Å². The first-order chi connectivity index (χ1) is 22.5. The second-order valence-electron chi connectivity index (χ2n) is 12.7. The Morgan fingerprint density at radius 2 is 1.39 bits per heavy atom. The summed E-state index contributed by atoms with van der Waals surface area (Å²) in [5.74, 6) is 0.879. The third-order valence-electron chi connectivity index (χ3n) is 9.61. The summed E-state index contributed by atoms with van der Waals surface area (Å²) in [6.07, 6.45) is 6.67. The van der Waals surface area contributed by atoms with Crippen LogP contribution in [-0.2, 0) is 12.8 Å². The zero-order chi connectivity index (χ0) is 32.0. The molecule has 1 atom stereocenters. The average molecular weight is 606 g/mol. The van der Waals surface area contributed by atoms with Gasteiger partial charge < -0.3 is 9.64 Å². The van der Waals surface area contributed by atoms with Crippen LogP contribution in [0.3, 0.4) is 0 Å². The standard InChI is InChI=1S/C44H47NO/c1-6-10-38(14-9-12-33-17-15-31(3)16-18-33)45(39-25-19-35(20-26-39)36-21-27-40(46-5)28-22-36)42-30-24-34(7-2)44-41(42)29-23-37-13-8-11-32(4)43(37)44/h8,11,13,15-30,38H,6-7,9-10,12,14H2,1-5H3. The molecule has 6 aromatic rings. The maximum absolute atomic E-state index is 5.40.